The van der Waals surface area contributed by atoms with E-state index >= 15 is 0 Å². The van der Waals surface area contributed by atoms with Gasteiger partial charge in [-0.05, 0) is 34.1 Å². The molecule has 1 heterocycles. The largest absolute Gasteiger partial charge is 0.368 e. The Morgan fingerprint density at radius 2 is 2.12 bits per heavy atom. The number of nitrogens with two attached hydrogens (primary N) is 1. The molecule has 0 amide bonds. The molecule has 0 spiro atoms. The predicted molar refractivity (Wildman–Crippen MR) is 60.2 cm³/mol. The van der Waals surface area contributed by atoms with Gasteiger partial charge in [-0.1, -0.05) is 0 Å². The summed E-state index contributed by atoms with van der Waals surface area (Å²) in [5.41, 5.74) is 5.28. The van der Waals surface area contributed by atoms with Gasteiger partial charge in [0.15, 0.2) is 0 Å². The molecule has 2 aromatic rings. The second kappa shape index (κ2) is 4.01. The lowest BCUT2D eigenvalue weighted by atomic mass is 10.2. The fraction of sp³-hybridized carbons (Fsp3) is 0. The standard InChI is InChI=1S/C9H6BrFN4O/c10-6-3-4(11)1-2-5(6)7-13-8(12)15-9(16)14-7/h1-3H,(H3,12,13,14,15,16). The highest BCUT2D eigenvalue weighted by Gasteiger charge is 2.08. The number of rotatable bonds is 1. The van der Waals surface area contributed by atoms with Crippen LogP contribution in [0, 0.1) is 5.82 Å². The second-order valence-corrected chi connectivity index (χ2v) is 3.84. The summed E-state index contributed by atoms with van der Waals surface area (Å²) in [6.45, 7) is 0. The predicted octanol–water partition coefficient (Wildman–Crippen LogP) is 1.32. The Hall–Kier alpha value is -1.76. The highest BCUT2D eigenvalue weighted by molar-refractivity contribution is 9.10. The minimum absolute atomic E-state index is 0.130. The van der Waals surface area contributed by atoms with E-state index in [-0.39, 0.29) is 17.6 Å². The summed E-state index contributed by atoms with van der Waals surface area (Å²) in [4.78, 5) is 20.7. The van der Waals surface area contributed by atoms with Gasteiger partial charge in [-0.15, -0.1) is 0 Å². The number of anilines is 1. The minimum atomic E-state index is -0.598. The van der Waals surface area contributed by atoms with Crippen molar-refractivity contribution in [1.82, 2.24) is 15.0 Å². The Morgan fingerprint density at radius 1 is 1.38 bits per heavy atom. The number of nitrogen functional groups attached to an aromatic ring is 1. The first-order chi connectivity index (χ1) is 7.56. The molecule has 7 heteroatoms. The first-order valence-corrected chi connectivity index (χ1v) is 5.05. The molecule has 0 bridgehead atoms. The summed E-state index contributed by atoms with van der Waals surface area (Å²) in [6.07, 6.45) is 0. The molecule has 0 unspecified atom stereocenters. The van der Waals surface area contributed by atoms with Gasteiger partial charge < -0.3 is 5.73 Å². The maximum atomic E-state index is 12.9. The molecule has 2 rings (SSSR count). The highest BCUT2D eigenvalue weighted by Crippen LogP contribution is 2.25. The molecule has 0 saturated heterocycles. The zero-order valence-corrected chi connectivity index (χ0v) is 9.45. The molecule has 5 nitrogen and oxygen atoms in total. The summed E-state index contributed by atoms with van der Waals surface area (Å²) in [6, 6.07) is 4.01. The molecule has 0 saturated carbocycles. The van der Waals surface area contributed by atoms with Crippen LogP contribution >= 0.6 is 15.9 Å². The van der Waals surface area contributed by atoms with Gasteiger partial charge in [0.05, 0.1) is 0 Å². The fourth-order valence-corrected chi connectivity index (χ4v) is 1.75. The molecule has 0 aliphatic rings. The van der Waals surface area contributed by atoms with Gasteiger partial charge in [0.2, 0.25) is 5.95 Å². The molecule has 3 N–H and O–H groups in total. The fourth-order valence-electron chi connectivity index (χ4n) is 1.21. The van der Waals surface area contributed by atoms with E-state index in [4.69, 9.17) is 5.73 Å². The van der Waals surface area contributed by atoms with Gasteiger partial charge in [-0.25, -0.2) is 9.18 Å². The van der Waals surface area contributed by atoms with Crippen LogP contribution in [0.2, 0.25) is 0 Å². The summed E-state index contributed by atoms with van der Waals surface area (Å²) < 4.78 is 13.3. The third kappa shape index (κ3) is 2.08. The van der Waals surface area contributed by atoms with Crippen molar-refractivity contribution in [1.29, 1.82) is 0 Å². The van der Waals surface area contributed by atoms with Crippen molar-refractivity contribution >= 4 is 21.9 Å². The molecule has 16 heavy (non-hydrogen) atoms. The number of H-pyrrole nitrogens is 1. The zero-order valence-electron chi connectivity index (χ0n) is 7.87. The van der Waals surface area contributed by atoms with Crippen molar-refractivity contribution in [2.24, 2.45) is 0 Å². The molecule has 82 valence electrons. The van der Waals surface area contributed by atoms with Crippen molar-refractivity contribution in [3.8, 4) is 11.4 Å². The summed E-state index contributed by atoms with van der Waals surface area (Å²) >= 11 is 3.17. The van der Waals surface area contributed by atoms with Crippen LogP contribution in [-0.2, 0) is 0 Å². The first kappa shape index (κ1) is 10.7. The van der Waals surface area contributed by atoms with E-state index in [1.54, 1.807) is 0 Å². The maximum Gasteiger partial charge on any atom is 0.349 e. The number of hydrogen-bond donors (Lipinski definition) is 2. The van der Waals surface area contributed by atoms with Crippen LogP contribution in [-0.4, -0.2) is 15.0 Å². The molecule has 1 aromatic carbocycles. The Kier molecular flexibility index (Phi) is 2.69. The van der Waals surface area contributed by atoms with Crippen molar-refractivity contribution < 1.29 is 4.39 Å². The van der Waals surface area contributed by atoms with Crippen LogP contribution in [0.5, 0.6) is 0 Å². The van der Waals surface area contributed by atoms with Crippen molar-refractivity contribution in [3.05, 3.63) is 39.0 Å². The van der Waals surface area contributed by atoms with Crippen LogP contribution in [0.25, 0.3) is 11.4 Å². The van der Waals surface area contributed by atoms with Gasteiger partial charge in [0.25, 0.3) is 0 Å². The van der Waals surface area contributed by atoms with Crippen LogP contribution in [0.15, 0.2) is 27.5 Å². The van der Waals surface area contributed by atoms with Crippen molar-refractivity contribution in [3.63, 3.8) is 0 Å². The van der Waals surface area contributed by atoms with Gasteiger partial charge in [-0.2, -0.15) is 9.97 Å². The number of nitrogens with zero attached hydrogens (tertiary/aromatic N) is 2. The SMILES string of the molecule is Nc1nc(-c2ccc(F)cc2Br)[nH]c(=O)n1. The lowest BCUT2D eigenvalue weighted by molar-refractivity contribution is 0.627. The average Bonchev–Trinajstić information content (AvgIpc) is 2.15. The molecule has 0 radical (unpaired) electrons. The van der Waals surface area contributed by atoms with E-state index in [0.29, 0.717) is 10.0 Å². The minimum Gasteiger partial charge on any atom is -0.368 e. The van der Waals surface area contributed by atoms with E-state index in [1.807, 2.05) is 0 Å². The molecule has 0 aliphatic carbocycles. The molecule has 0 aliphatic heterocycles. The summed E-state index contributed by atoms with van der Waals surface area (Å²) in [5.74, 6) is -0.278. The molecule has 1 aromatic heterocycles. The Bertz CT molecular complexity index is 598. The summed E-state index contributed by atoms with van der Waals surface area (Å²) in [7, 11) is 0. The molecule has 0 atom stereocenters. The second-order valence-electron chi connectivity index (χ2n) is 2.98. The smallest absolute Gasteiger partial charge is 0.349 e. The van der Waals surface area contributed by atoms with Crippen LogP contribution in [0.1, 0.15) is 0 Å². The third-order valence-corrected chi connectivity index (χ3v) is 2.51. The quantitative estimate of drug-likeness (QED) is 0.827. The van der Waals surface area contributed by atoms with E-state index in [2.05, 4.69) is 30.9 Å². The van der Waals surface area contributed by atoms with Crippen molar-refractivity contribution in [2.75, 3.05) is 5.73 Å². The number of nitrogens with one attached hydrogen (secondary N) is 1. The van der Waals surface area contributed by atoms with Gasteiger partial charge in [0, 0.05) is 10.0 Å². The number of benzene rings is 1. The van der Waals surface area contributed by atoms with E-state index in [1.165, 1.54) is 18.2 Å². The van der Waals surface area contributed by atoms with Gasteiger partial charge >= 0.3 is 5.69 Å². The lowest BCUT2D eigenvalue weighted by Crippen LogP contribution is -2.15. The lowest BCUT2D eigenvalue weighted by Gasteiger charge is -2.03. The normalized spacial score (nSPS) is 10.4. The average molecular weight is 285 g/mol. The number of aromatic nitrogens is 3. The third-order valence-electron chi connectivity index (χ3n) is 1.85. The maximum absolute atomic E-state index is 12.9. The van der Waals surface area contributed by atoms with Crippen molar-refractivity contribution in [2.45, 2.75) is 0 Å². The number of halogens is 2. The Balaban J connectivity index is 2.63. The molecular formula is C9H6BrFN4O. The monoisotopic (exact) mass is 284 g/mol. The van der Waals surface area contributed by atoms with Crippen LogP contribution in [0.3, 0.4) is 0 Å². The van der Waals surface area contributed by atoms with Crippen LogP contribution < -0.4 is 11.4 Å². The Morgan fingerprint density at radius 3 is 2.75 bits per heavy atom. The topological polar surface area (TPSA) is 84.7 Å². The molecule has 0 fully saturated rings. The first-order valence-electron chi connectivity index (χ1n) is 4.25. The van der Waals surface area contributed by atoms with Gasteiger partial charge in [-0.3, -0.25) is 4.98 Å². The highest BCUT2D eigenvalue weighted by atomic mass is 79.9. The van der Waals surface area contributed by atoms with E-state index < -0.39 is 5.69 Å². The zero-order chi connectivity index (χ0) is 11.7. The number of aromatic amines is 1. The summed E-state index contributed by atoms with van der Waals surface area (Å²) in [5, 5.41) is 0. The number of hydrogen-bond acceptors (Lipinski definition) is 4. The Labute approximate surface area is 97.7 Å². The van der Waals surface area contributed by atoms with E-state index in [9.17, 15) is 9.18 Å². The van der Waals surface area contributed by atoms with Crippen LogP contribution in [0.4, 0.5) is 10.3 Å². The van der Waals surface area contributed by atoms with E-state index in [0.717, 1.165) is 0 Å². The molecular weight excluding hydrogens is 279 g/mol. The van der Waals surface area contributed by atoms with Gasteiger partial charge in [0.1, 0.15) is 11.6 Å².